The minimum absolute atomic E-state index is 0.0215. The lowest BCUT2D eigenvalue weighted by molar-refractivity contribution is -0.126. The SMILES string of the molecule is C[C@@H](NC(=O)C1CCN(c2nc3ccsc3c(=O)n2-c2ccc(F)cc2)CC1)c1cccnc1. The van der Waals surface area contributed by atoms with E-state index in [0.717, 1.165) is 5.56 Å². The highest BCUT2D eigenvalue weighted by molar-refractivity contribution is 7.17. The predicted octanol–water partition coefficient (Wildman–Crippen LogP) is 4.08. The van der Waals surface area contributed by atoms with Gasteiger partial charge in [-0.25, -0.2) is 13.9 Å². The Balaban J connectivity index is 1.36. The van der Waals surface area contributed by atoms with Crippen LogP contribution in [0.3, 0.4) is 0 Å². The first-order valence-corrected chi connectivity index (χ1v) is 12.1. The molecule has 1 N–H and O–H groups in total. The third-order valence-corrected chi connectivity index (χ3v) is 7.13. The van der Waals surface area contributed by atoms with Crippen LogP contribution < -0.4 is 15.8 Å². The standard InChI is InChI=1S/C25H24FN5O2S/c1-16(18-3-2-11-27-15-18)28-23(32)17-8-12-30(13-9-17)25-29-21-10-14-34-22(21)24(33)31(25)20-6-4-19(26)5-7-20/h2-7,10-11,14-17H,8-9,12-13H2,1H3,(H,28,32)/t16-/m1/s1. The number of amides is 1. The molecule has 0 radical (unpaired) electrons. The van der Waals surface area contributed by atoms with Gasteiger partial charge in [0.1, 0.15) is 10.5 Å². The first-order chi connectivity index (χ1) is 16.5. The van der Waals surface area contributed by atoms with Crippen molar-refractivity contribution in [3.05, 3.63) is 82.0 Å². The van der Waals surface area contributed by atoms with Crippen LogP contribution in [0.4, 0.5) is 10.3 Å². The maximum absolute atomic E-state index is 13.5. The number of benzene rings is 1. The minimum atomic E-state index is -0.365. The average Bonchev–Trinajstić information content (AvgIpc) is 3.34. The third kappa shape index (κ3) is 4.31. The molecule has 3 aromatic heterocycles. The number of nitrogens with one attached hydrogen (secondary N) is 1. The Morgan fingerprint density at radius 2 is 1.94 bits per heavy atom. The molecule has 5 rings (SSSR count). The average molecular weight is 478 g/mol. The number of thiophene rings is 1. The number of piperidine rings is 1. The maximum Gasteiger partial charge on any atom is 0.277 e. The number of anilines is 1. The van der Waals surface area contributed by atoms with Gasteiger partial charge in [-0.05, 0) is 67.1 Å². The van der Waals surface area contributed by atoms with Crippen LogP contribution >= 0.6 is 11.3 Å². The summed E-state index contributed by atoms with van der Waals surface area (Å²) in [4.78, 5) is 37.1. The van der Waals surface area contributed by atoms with E-state index in [0.29, 0.717) is 47.8 Å². The first kappa shape index (κ1) is 22.2. The number of halogens is 1. The van der Waals surface area contributed by atoms with Crippen molar-refractivity contribution < 1.29 is 9.18 Å². The number of nitrogens with zero attached hydrogens (tertiary/aromatic N) is 4. The number of pyridine rings is 1. The summed E-state index contributed by atoms with van der Waals surface area (Å²) in [5.74, 6) is 0.0559. The van der Waals surface area contributed by atoms with Gasteiger partial charge in [0.2, 0.25) is 11.9 Å². The van der Waals surface area contributed by atoms with E-state index < -0.39 is 0 Å². The van der Waals surface area contributed by atoms with Crippen LogP contribution in [0.25, 0.3) is 15.9 Å². The molecule has 1 aliphatic rings. The number of fused-ring (bicyclic) bond motifs is 1. The van der Waals surface area contributed by atoms with Gasteiger partial charge in [-0.15, -0.1) is 11.3 Å². The van der Waals surface area contributed by atoms with E-state index in [1.54, 1.807) is 29.1 Å². The topological polar surface area (TPSA) is 80.1 Å². The van der Waals surface area contributed by atoms with Gasteiger partial charge in [-0.2, -0.15) is 0 Å². The molecule has 4 heterocycles. The summed E-state index contributed by atoms with van der Waals surface area (Å²) in [5.41, 5.74) is 2.00. The highest BCUT2D eigenvalue weighted by atomic mass is 32.1. The van der Waals surface area contributed by atoms with Crippen LogP contribution in [0.5, 0.6) is 0 Å². The Morgan fingerprint density at radius 1 is 1.18 bits per heavy atom. The Bertz CT molecular complexity index is 1360. The molecule has 0 saturated carbocycles. The summed E-state index contributed by atoms with van der Waals surface area (Å²) in [7, 11) is 0. The van der Waals surface area contributed by atoms with Crippen LogP contribution in [0.15, 0.2) is 65.0 Å². The summed E-state index contributed by atoms with van der Waals surface area (Å²) < 4.78 is 15.6. The van der Waals surface area contributed by atoms with Crippen molar-refractivity contribution in [2.75, 3.05) is 18.0 Å². The normalized spacial score (nSPS) is 15.4. The van der Waals surface area contributed by atoms with Crippen LogP contribution in [0.1, 0.15) is 31.4 Å². The van der Waals surface area contributed by atoms with E-state index in [1.165, 1.54) is 23.5 Å². The van der Waals surface area contributed by atoms with Gasteiger partial charge in [0.15, 0.2) is 0 Å². The van der Waals surface area contributed by atoms with Crippen LogP contribution in [0.2, 0.25) is 0 Å². The second-order valence-electron chi connectivity index (χ2n) is 8.44. The molecule has 1 fully saturated rings. The molecule has 174 valence electrons. The van der Waals surface area contributed by atoms with E-state index in [1.807, 2.05) is 35.4 Å². The number of hydrogen-bond donors (Lipinski definition) is 1. The molecule has 1 saturated heterocycles. The monoisotopic (exact) mass is 477 g/mol. The fourth-order valence-electron chi connectivity index (χ4n) is 4.32. The number of carbonyl (C=O) groups is 1. The van der Waals surface area contributed by atoms with Crippen molar-refractivity contribution in [3.63, 3.8) is 0 Å². The number of rotatable bonds is 5. The summed E-state index contributed by atoms with van der Waals surface area (Å²) in [6.45, 7) is 3.12. The van der Waals surface area contributed by atoms with Crippen molar-refractivity contribution >= 4 is 33.4 Å². The molecule has 9 heteroatoms. The second kappa shape index (κ2) is 9.34. The Hall–Kier alpha value is -3.59. The molecule has 7 nitrogen and oxygen atoms in total. The van der Waals surface area contributed by atoms with Crippen molar-refractivity contribution in [1.82, 2.24) is 19.9 Å². The molecule has 1 aromatic carbocycles. The third-order valence-electron chi connectivity index (χ3n) is 6.24. The van der Waals surface area contributed by atoms with Gasteiger partial charge in [-0.3, -0.25) is 14.6 Å². The maximum atomic E-state index is 13.5. The van der Waals surface area contributed by atoms with Crippen molar-refractivity contribution in [3.8, 4) is 5.69 Å². The smallest absolute Gasteiger partial charge is 0.277 e. The predicted molar refractivity (Wildman–Crippen MR) is 131 cm³/mol. The lowest BCUT2D eigenvalue weighted by Gasteiger charge is -2.33. The van der Waals surface area contributed by atoms with E-state index in [9.17, 15) is 14.0 Å². The zero-order valence-electron chi connectivity index (χ0n) is 18.6. The van der Waals surface area contributed by atoms with Crippen molar-refractivity contribution in [2.45, 2.75) is 25.8 Å². The summed E-state index contributed by atoms with van der Waals surface area (Å²) in [6, 6.07) is 11.4. The number of hydrogen-bond acceptors (Lipinski definition) is 6. The Kier molecular flexibility index (Phi) is 6.10. The molecule has 34 heavy (non-hydrogen) atoms. The highest BCUT2D eigenvalue weighted by Crippen LogP contribution is 2.27. The molecule has 0 spiro atoms. The molecule has 1 atom stereocenters. The van der Waals surface area contributed by atoms with E-state index in [-0.39, 0.29) is 29.2 Å². The van der Waals surface area contributed by atoms with E-state index >= 15 is 0 Å². The van der Waals surface area contributed by atoms with E-state index in [4.69, 9.17) is 4.98 Å². The zero-order chi connectivity index (χ0) is 23.7. The summed E-state index contributed by atoms with van der Waals surface area (Å²) in [5, 5.41) is 4.94. The van der Waals surface area contributed by atoms with Crippen LogP contribution in [-0.4, -0.2) is 33.5 Å². The number of aromatic nitrogens is 3. The van der Waals surface area contributed by atoms with Gasteiger partial charge < -0.3 is 10.2 Å². The fourth-order valence-corrected chi connectivity index (χ4v) is 5.08. The lowest BCUT2D eigenvalue weighted by atomic mass is 9.95. The Morgan fingerprint density at radius 3 is 2.65 bits per heavy atom. The molecule has 0 unspecified atom stereocenters. The molecular weight excluding hydrogens is 453 g/mol. The van der Waals surface area contributed by atoms with Crippen molar-refractivity contribution in [2.24, 2.45) is 5.92 Å². The molecule has 0 bridgehead atoms. The summed E-state index contributed by atoms with van der Waals surface area (Å²) in [6.07, 6.45) is 4.76. The molecule has 1 aliphatic heterocycles. The molecule has 4 aromatic rings. The summed E-state index contributed by atoms with van der Waals surface area (Å²) >= 11 is 1.34. The Labute approximate surface area is 199 Å². The minimum Gasteiger partial charge on any atom is -0.349 e. The van der Waals surface area contributed by atoms with Gasteiger partial charge >= 0.3 is 0 Å². The quantitative estimate of drug-likeness (QED) is 0.469. The number of carbonyl (C=O) groups excluding carboxylic acids is 1. The van der Waals surface area contributed by atoms with Crippen LogP contribution in [-0.2, 0) is 4.79 Å². The largest absolute Gasteiger partial charge is 0.349 e. The highest BCUT2D eigenvalue weighted by Gasteiger charge is 2.29. The lowest BCUT2D eigenvalue weighted by Crippen LogP contribution is -2.43. The first-order valence-electron chi connectivity index (χ1n) is 11.2. The fraction of sp³-hybridized carbons (Fsp3) is 0.280. The van der Waals surface area contributed by atoms with E-state index in [2.05, 4.69) is 10.3 Å². The second-order valence-corrected chi connectivity index (χ2v) is 9.36. The van der Waals surface area contributed by atoms with Crippen LogP contribution in [0, 0.1) is 11.7 Å². The van der Waals surface area contributed by atoms with Gasteiger partial charge in [0.25, 0.3) is 5.56 Å². The molecule has 0 aliphatic carbocycles. The zero-order valence-corrected chi connectivity index (χ0v) is 19.5. The van der Waals surface area contributed by atoms with Gasteiger partial charge in [0, 0.05) is 31.4 Å². The molecular formula is C25H24FN5O2S. The van der Waals surface area contributed by atoms with Crippen molar-refractivity contribution in [1.29, 1.82) is 0 Å². The molecule has 1 amide bonds. The van der Waals surface area contributed by atoms with Gasteiger partial charge in [-0.1, -0.05) is 6.07 Å². The van der Waals surface area contributed by atoms with Gasteiger partial charge in [0.05, 0.1) is 17.2 Å².